The van der Waals surface area contributed by atoms with Gasteiger partial charge in [0.1, 0.15) is 0 Å². The smallest absolute Gasteiger partial charge is 0.228 e. The molecule has 1 amide bonds. The molecule has 0 aromatic carbocycles. The normalized spacial score (nSPS) is 31.2. The van der Waals surface area contributed by atoms with E-state index < -0.39 is 5.60 Å². The van der Waals surface area contributed by atoms with Crippen molar-refractivity contribution in [3.8, 4) is 0 Å². The Bertz CT molecular complexity index is 310. The fourth-order valence-corrected chi connectivity index (χ4v) is 2.91. The summed E-state index contributed by atoms with van der Waals surface area (Å²) in [7, 11) is 0. The zero-order valence-electron chi connectivity index (χ0n) is 10.0. The van der Waals surface area contributed by atoms with Crippen LogP contribution in [0.3, 0.4) is 0 Å². The van der Waals surface area contributed by atoms with Crippen molar-refractivity contribution in [1.29, 1.82) is 0 Å². The van der Waals surface area contributed by atoms with E-state index in [1.54, 1.807) is 0 Å². The van der Waals surface area contributed by atoms with Crippen molar-refractivity contribution in [2.45, 2.75) is 51.0 Å². The highest BCUT2D eigenvalue weighted by atomic mass is 16.3. The second-order valence-electron chi connectivity index (χ2n) is 6.23. The summed E-state index contributed by atoms with van der Waals surface area (Å²) in [6.07, 6.45) is 6.05. The molecule has 3 heteroatoms. The maximum absolute atomic E-state index is 12.1. The van der Waals surface area contributed by atoms with Crippen LogP contribution in [0, 0.1) is 11.3 Å². The highest BCUT2D eigenvalue weighted by Crippen LogP contribution is 2.49. The number of aliphatic hydroxyl groups is 1. The third-order valence-corrected chi connectivity index (χ3v) is 4.77. The van der Waals surface area contributed by atoms with Crippen molar-refractivity contribution in [2.24, 2.45) is 11.3 Å². The van der Waals surface area contributed by atoms with Gasteiger partial charge in [0, 0.05) is 18.5 Å². The van der Waals surface area contributed by atoms with Gasteiger partial charge in [-0.15, -0.1) is 0 Å². The molecule has 3 nitrogen and oxygen atoms in total. The van der Waals surface area contributed by atoms with Crippen LogP contribution in [0.5, 0.6) is 0 Å². The minimum atomic E-state index is -0.443. The van der Waals surface area contributed by atoms with E-state index in [4.69, 9.17) is 0 Å². The van der Waals surface area contributed by atoms with Crippen LogP contribution in [0.1, 0.15) is 45.4 Å². The highest BCUT2D eigenvalue weighted by molar-refractivity contribution is 5.85. The van der Waals surface area contributed by atoms with E-state index in [2.05, 4.69) is 6.92 Å². The van der Waals surface area contributed by atoms with Crippen LogP contribution in [-0.4, -0.2) is 34.6 Å². The molecule has 2 saturated carbocycles. The Morgan fingerprint density at radius 1 is 1.19 bits per heavy atom. The number of nitrogens with zero attached hydrogens (tertiary/aromatic N) is 1. The van der Waals surface area contributed by atoms with Crippen molar-refractivity contribution in [3.63, 3.8) is 0 Å². The molecular formula is C13H21NO2. The number of amides is 1. The average Bonchev–Trinajstić information content (AvgIpc) is 3.12. The number of hydrogen-bond acceptors (Lipinski definition) is 2. The SMILES string of the molecule is CC1(C(=O)N2CCC(O)(C3CC3)CC2)CC1. The summed E-state index contributed by atoms with van der Waals surface area (Å²) in [6.45, 7) is 3.60. The summed E-state index contributed by atoms with van der Waals surface area (Å²) in [4.78, 5) is 14.1. The topological polar surface area (TPSA) is 40.5 Å². The van der Waals surface area contributed by atoms with Crippen LogP contribution in [0.2, 0.25) is 0 Å². The number of hydrogen-bond donors (Lipinski definition) is 1. The van der Waals surface area contributed by atoms with Crippen LogP contribution < -0.4 is 0 Å². The van der Waals surface area contributed by atoms with E-state index in [1.807, 2.05) is 4.90 Å². The van der Waals surface area contributed by atoms with Gasteiger partial charge in [-0.2, -0.15) is 0 Å². The Morgan fingerprint density at radius 2 is 1.75 bits per heavy atom. The van der Waals surface area contributed by atoms with Gasteiger partial charge in [0.15, 0.2) is 0 Å². The van der Waals surface area contributed by atoms with Crippen molar-refractivity contribution < 1.29 is 9.90 Å². The quantitative estimate of drug-likeness (QED) is 0.771. The molecule has 0 aromatic rings. The Kier molecular flexibility index (Phi) is 2.13. The van der Waals surface area contributed by atoms with Crippen LogP contribution in [0.15, 0.2) is 0 Å². The Hall–Kier alpha value is -0.570. The van der Waals surface area contributed by atoms with Gasteiger partial charge in [0.05, 0.1) is 5.60 Å². The fourth-order valence-electron chi connectivity index (χ4n) is 2.91. The largest absolute Gasteiger partial charge is 0.389 e. The maximum Gasteiger partial charge on any atom is 0.228 e. The van der Waals surface area contributed by atoms with Crippen LogP contribution in [-0.2, 0) is 4.79 Å². The Balaban J connectivity index is 1.59. The van der Waals surface area contributed by atoms with E-state index in [1.165, 1.54) is 12.8 Å². The second-order valence-corrected chi connectivity index (χ2v) is 6.23. The minimum absolute atomic E-state index is 0.0466. The Labute approximate surface area is 96.8 Å². The van der Waals surface area contributed by atoms with Crippen molar-refractivity contribution in [2.75, 3.05) is 13.1 Å². The standard InChI is InChI=1S/C13H21NO2/c1-12(4-5-12)11(15)14-8-6-13(16,7-9-14)10-2-3-10/h10,16H,2-9H2,1H3. The molecule has 90 valence electrons. The number of carbonyl (C=O) groups is 1. The molecule has 1 heterocycles. The lowest BCUT2D eigenvalue weighted by Crippen LogP contribution is -2.49. The number of piperidine rings is 1. The van der Waals surface area contributed by atoms with Gasteiger partial charge >= 0.3 is 0 Å². The summed E-state index contributed by atoms with van der Waals surface area (Å²) in [5.74, 6) is 0.853. The van der Waals surface area contributed by atoms with Gasteiger partial charge in [-0.05, 0) is 44.4 Å². The molecule has 0 radical (unpaired) electrons. The highest BCUT2D eigenvalue weighted by Gasteiger charge is 2.50. The van der Waals surface area contributed by atoms with E-state index in [0.717, 1.165) is 38.8 Å². The van der Waals surface area contributed by atoms with Crippen molar-refractivity contribution in [3.05, 3.63) is 0 Å². The minimum Gasteiger partial charge on any atom is -0.389 e. The molecule has 0 aromatic heterocycles. The Morgan fingerprint density at radius 3 is 2.19 bits per heavy atom. The molecule has 1 N–H and O–H groups in total. The van der Waals surface area contributed by atoms with E-state index in [0.29, 0.717) is 11.8 Å². The molecular weight excluding hydrogens is 202 g/mol. The molecule has 0 atom stereocenters. The third-order valence-electron chi connectivity index (χ3n) is 4.77. The molecule has 0 spiro atoms. The summed E-state index contributed by atoms with van der Waals surface area (Å²) in [6, 6.07) is 0. The van der Waals surface area contributed by atoms with E-state index >= 15 is 0 Å². The van der Waals surface area contributed by atoms with Crippen LogP contribution in [0.4, 0.5) is 0 Å². The van der Waals surface area contributed by atoms with Crippen molar-refractivity contribution in [1.82, 2.24) is 4.90 Å². The number of rotatable bonds is 2. The predicted octanol–water partition coefficient (Wildman–Crippen LogP) is 1.55. The summed E-state index contributed by atoms with van der Waals surface area (Å²) in [5, 5.41) is 10.4. The van der Waals surface area contributed by atoms with Gasteiger partial charge in [-0.1, -0.05) is 6.92 Å². The molecule has 1 saturated heterocycles. The lowest BCUT2D eigenvalue weighted by atomic mass is 9.86. The monoisotopic (exact) mass is 223 g/mol. The van der Waals surface area contributed by atoms with Gasteiger partial charge in [0.25, 0.3) is 0 Å². The van der Waals surface area contributed by atoms with Crippen LogP contribution in [0.25, 0.3) is 0 Å². The predicted molar refractivity (Wildman–Crippen MR) is 60.8 cm³/mol. The van der Waals surface area contributed by atoms with Gasteiger partial charge in [-0.3, -0.25) is 4.79 Å². The first kappa shape index (κ1) is 10.6. The summed E-state index contributed by atoms with van der Waals surface area (Å²) < 4.78 is 0. The molecule has 2 aliphatic carbocycles. The maximum atomic E-state index is 12.1. The zero-order chi connectivity index (χ0) is 11.4. The van der Waals surface area contributed by atoms with E-state index in [9.17, 15) is 9.90 Å². The summed E-state index contributed by atoms with van der Waals surface area (Å²) in [5.41, 5.74) is -0.490. The zero-order valence-corrected chi connectivity index (χ0v) is 10.0. The molecule has 3 rings (SSSR count). The lowest BCUT2D eigenvalue weighted by Gasteiger charge is -2.39. The first-order valence-electron chi connectivity index (χ1n) is 6.55. The fraction of sp³-hybridized carbons (Fsp3) is 0.923. The molecule has 3 aliphatic rings. The first-order valence-corrected chi connectivity index (χ1v) is 6.55. The molecule has 0 unspecified atom stereocenters. The van der Waals surface area contributed by atoms with Crippen LogP contribution >= 0.6 is 0 Å². The molecule has 0 bridgehead atoms. The first-order chi connectivity index (χ1) is 7.54. The lowest BCUT2D eigenvalue weighted by molar-refractivity contribution is -0.141. The van der Waals surface area contributed by atoms with Crippen molar-refractivity contribution >= 4 is 5.91 Å². The molecule has 1 aliphatic heterocycles. The van der Waals surface area contributed by atoms with Gasteiger partial charge in [-0.25, -0.2) is 0 Å². The van der Waals surface area contributed by atoms with Gasteiger partial charge < -0.3 is 10.0 Å². The van der Waals surface area contributed by atoms with Gasteiger partial charge in [0.2, 0.25) is 5.91 Å². The molecule has 16 heavy (non-hydrogen) atoms. The number of likely N-dealkylation sites (tertiary alicyclic amines) is 1. The summed E-state index contributed by atoms with van der Waals surface area (Å²) >= 11 is 0. The second kappa shape index (κ2) is 3.22. The number of carbonyl (C=O) groups excluding carboxylic acids is 1. The average molecular weight is 223 g/mol. The molecule has 3 fully saturated rings. The van der Waals surface area contributed by atoms with E-state index in [-0.39, 0.29) is 5.41 Å². The third kappa shape index (κ3) is 1.65.